The summed E-state index contributed by atoms with van der Waals surface area (Å²) < 4.78 is 0. The molecule has 112 valence electrons. The van der Waals surface area contributed by atoms with Crippen LogP contribution in [0.5, 0.6) is 5.75 Å². The number of hydrogen-bond acceptors (Lipinski definition) is 3. The molecule has 0 aromatic heterocycles. The molecule has 0 unspecified atom stereocenters. The molecule has 0 atom stereocenters. The van der Waals surface area contributed by atoms with Crippen LogP contribution < -0.4 is 10.6 Å². The molecule has 5 nitrogen and oxygen atoms in total. The van der Waals surface area contributed by atoms with E-state index in [4.69, 9.17) is 0 Å². The predicted molar refractivity (Wildman–Crippen MR) is 84.2 cm³/mol. The van der Waals surface area contributed by atoms with Crippen molar-refractivity contribution in [3.05, 3.63) is 53.6 Å². The number of hydrogen-bond donors (Lipinski definition) is 3. The van der Waals surface area contributed by atoms with Crippen molar-refractivity contribution >= 4 is 23.2 Å². The normalized spacial score (nSPS) is 15.1. The lowest BCUT2D eigenvalue weighted by molar-refractivity contribution is -0.119. The van der Waals surface area contributed by atoms with E-state index in [9.17, 15) is 14.7 Å². The predicted octanol–water partition coefficient (Wildman–Crippen LogP) is 2.87. The molecule has 3 rings (SSSR count). The van der Waals surface area contributed by atoms with Crippen LogP contribution in [0.2, 0.25) is 0 Å². The Morgan fingerprint density at radius 3 is 2.68 bits per heavy atom. The zero-order chi connectivity index (χ0) is 15.9. The fourth-order valence-electron chi connectivity index (χ4n) is 2.52. The largest absolute Gasteiger partial charge is 0.508 e. The molecule has 1 aliphatic rings. The van der Waals surface area contributed by atoms with Crippen LogP contribution in [0.4, 0.5) is 11.4 Å². The molecule has 0 saturated carbocycles. The second-order valence-corrected chi connectivity index (χ2v) is 5.84. The molecule has 5 heteroatoms. The van der Waals surface area contributed by atoms with Crippen molar-refractivity contribution in [3.63, 3.8) is 0 Å². The van der Waals surface area contributed by atoms with Gasteiger partial charge < -0.3 is 15.7 Å². The Kier molecular flexibility index (Phi) is 3.13. The Hall–Kier alpha value is -2.82. The number of fused-ring (bicyclic) bond motifs is 1. The lowest BCUT2D eigenvalue weighted by atomic mass is 9.86. The van der Waals surface area contributed by atoms with Crippen molar-refractivity contribution in [2.45, 2.75) is 19.3 Å². The van der Waals surface area contributed by atoms with Gasteiger partial charge >= 0.3 is 0 Å². The number of phenols is 1. The summed E-state index contributed by atoms with van der Waals surface area (Å²) in [4.78, 5) is 24.2. The summed E-state index contributed by atoms with van der Waals surface area (Å²) >= 11 is 0. The van der Waals surface area contributed by atoms with Crippen LogP contribution >= 0.6 is 0 Å². The Balaban J connectivity index is 1.86. The monoisotopic (exact) mass is 296 g/mol. The van der Waals surface area contributed by atoms with Gasteiger partial charge in [0, 0.05) is 23.0 Å². The number of nitrogens with one attached hydrogen (secondary N) is 2. The van der Waals surface area contributed by atoms with Gasteiger partial charge in [-0.2, -0.15) is 0 Å². The number of carbonyl (C=O) groups excluding carboxylic acids is 2. The average Bonchev–Trinajstić information content (AvgIpc) is 2.68. The molecule has 22 heavy (non-hydrogen) atoms. The van der Waals surface area contributed by atoms with E-state index in [1.54, 1.807) is 30.3 Å². The summed E-state index contributed by atoms with van der Waals surface area (Å²) in [6, 6.07) is 11.5. The first-order chi connectivity index (χ1) is 10.4. The van der Waals surface area contributed by atoms with Gasteiger partial charge in [-0.3, -0.25) is 9.59 Å². The minimum Gasteiger partial charge on any atom is -0.508 e. The van der Waals surface area contributed by atoms with Gasteiger partial charge in [0.1, 0.15) is 5.75 Å². The van der Waals surface area contributed by atoms with Crippen LogP contribution in [0.1, 0.15) is 29.8 Å². The quantitative estimate of drug-likeness (QED) is 0.797. The number of aromatic hydroxyl groups is 1. The van der Waals surface area contributed by atoms with Crippen molar-refractivity contribution in [1.29, 1.82) is 0 Å². The lowest BCUT2D eigenvalue weighted by Gasteiger charge is -2.15. The van der Waals surface area contributed by atoms with E-state index in [1.165, 1.54) is 12.1 Å². The Bertz CT molecular complexity index is 781. The number of benzene rings is 2. The highest BCUT2D eigenvalue weighted by molar-refractivity contribution is 6.09. The minimum absolute atomic E-state index is 0.0759. The van der Waals surface area contributed by atoms with Crippen LogP contribution in [-0.4, -0.2) is 16.9 Å². The van der Waals surface area contributed by atoms with Crippen LogP contribution in [-0.2, 0) is 10.2 Å². The van der Waals surface area contributed by atoms with Gasteiger partial charge in [0.25, 0.3) is 5.91 Å². The van der Waals surface area contributed by atoms with E-state index in [0.717, 1.165) is 5.56 Å². The van der Waals surface area contributed by atoms with Crippen molar-refractivity contribution in [2.75, 3.05) is 10.6 Å². The molecule has 0 saturated heterocycles. The second kappa shape index (κ2) is 4.87. The second-order valence-electron chi connectivity index (χ2n) is 5.84. The molecule has 2 amide bonds. The molecule has 2 aromatic rings. The third-order valence-corrected chi connectivity index (χ3v) is 3.87. The van der Waals surface area contributed by atoms with Gasteiger partial charge in [0.15, 0.2) is 0 Å². The van der Waals surface area contributed by atoms with E-state index in [2.05, 4.69) is 10.6 Å². The first kappa shape index (κ1) is 14.1. The Morgan fingerprint density at radius 2 is 1.95 bits per heavy atom. The highest BCUT2D eigenvalue weighted by Gasteiger charge is 2.38. The van der Waals surface area contributed by atoms with Gasteiger partial charge in [-0.05, 0) is 43.7 Å². The van der Waals surface area contributed by atoms with Gasteiger partial charge in [-0.1, -0.05) is 12.1 Å². The van der Waals surface area contributed by atoms with Crippen LogP contribution in [0, 0.1) is 0 Å². The zero-order valence-corrected chi connectivity index (χ0v) is 12.3. The number of amides is 2. The van der Waals surface area contributed by atoms with Gasteiger partial charge in [0.05, 0.1) is 5.41 Å². The zero-order valence-electron chi connectivity index (χ0n) is 12.3. The molecule has 2 aromatic carbocycles. The van der Waals surface area contributed by atoms with Crippen LogP contribution in [0.3, 0.4) is 0 Å². The molecule has 1 heterocycles. The van der Waals surface area contributed by atoms with E-state index >= 15 is 0 Å². The van der Waals surface area contributed by atoms with Crippen LogP contribution in [0.15, 0.2) is 42.5 Å². The Labute approximate surface area is 128 Å². The standard InChI is InChI=1S/C17H16N2O3/c1-17(2)13-7-6-10(8-14(13)19-16(17)22)15(21)18-11-4-3-5-12(20)9-11/h3-9,20H,1-2H3,(H,18,21)(H,19,22). The van der Waals surface area contributed by atoms with E-state index < -0.39 is 5.41 Å². The molecule has 0 fully saturated rings. The van der Waals surface area contributed by atoms with Crippen LogP contribution in [0.25, 0.3) is 0 Å². The first-order valence-electron chi connectivity index (χ1n) is 6.94. The Morgan fingerprint density at radius 1 is 1.18 bits per heavy atom. The van der Waals surface area contributed by atoms with Gasteiger partial charge in [0.2, 0.25) is 5.91 Å². The molecular weight excluding hydrogens is 280 g/mol. The highest BCUT2D eigenvalue weighted by atomic mass is 16.3. The SMILES string of the molecule is CC1(C)C(=O)Nc2cc(C(=O)Nc3cccc(O)c3)ccc21. The maximum absolute atomic E-state index is 12.3. The van der Waals surface area contributed by atoms with E-state index in [1.807, 2.05) is 13.8 Å². The highest BCUT2D eigenvalue weighted by Crippen LogP contribution is 2.37. The fourth-order valence-corrected chi connectivity index (χ4v) is 2.52. The number of rotatable bonds is 2. The van der Waals surface area contributed by atoms with Crippen molar-refractivity contribution in [3.8, 4) is 5.75 Å². The minimum atomic E-state index is -0.588. The van der Waals surface area contributed by atoms with Gasteiger partial charge in [-0.15, -0.1) is 0 Å². The summed E-state index contributed by atoms with van der Waals surface area (Å²) in [5.74, 6) is -0.291. The first-order valence-corrected chi connectivity index (χ1v) is 6.94. The molecule has 0 aliphatic carbocycles. The van der Waals surface area contributed by atoms with E-state index in [0.29, 0.717) is 16.9 Å². The third-order valence-electron chi connectivity index (χ3n) is 3.87. The average molecular weight is 296 g/mol. The van der Waals surface area contributed by atoms with E-state index in [-0.39, 0.29) is 17.6 Å². The smallest absolute Gasteiger partial charge is 0.255 e. The number of carbonyl (C=O) groups is 2. The molecule has 0 bridgehead atoms. The van der Waals surface area contributed by atoms with Crippen molar-refractivity contribution < 1.29 is 14.7 Å². The summed E-state index contributed by atoms with van der Waals surface area (Å²) in [5, 5.41) is 14.9. The maximum atomic E-state index is 12.3. The molecule has 0 radical (unpaired) electrons. The van der Waals surface area contributed by atoms with Crippen molar-refractivity contribution in [2.24, 2.45) is 0 Å². The molecule has 3 N–H and O–H groups in total. The molecule has 0 spiro atoms. The van der Waals surface area contributed by atoms with Gasteiger partial charge in [-0.25, -0.2) is 0 Å². The third kappa shape index (κ3) is 2.30. The lowest BCUT2D eigenvalue weighted by Crippen LogP contribution is -2.26. The number of anilines is 2. The summed E-state index contributed by atoms with van der Waals surface area (Å²) in [6.45, 7) is 3.70. The topological polar surface area (TPSA) is 78.4 Å². The van der Waals surface area contributed by atoms with Crippen molar-refractivity contribution in [1.82, 2.24) is 0 Å². The fraction of sp³-hybridized carbons (Fsp3) is 0.176. The summed E-state index contributed by atoms with van der Waals surface area (Å²) in [6.07, 6.45) is 0. The summed E-state index contributed by atoms with van der Waals surface area (Å²) in [7, 11) is 0. The molecule has 1 aliphatic heterocycles. The maximum Gasteiger partial charge on any atom is 0.255 e. The summed E-state index contributed by atoms with van der Waals surface area (Å²) in [5.41, 5.74) is 1.91. The number of phenolic OH excluding ortho intramolecular Hbond substituents is 1. The molecular formula is C17H16N2O3.